The molecule has 2 aromatic rings. The summed E-state index contributed by atoms with van der Waals surface area (Å²) in [5, 5.41) is 5.13. The molecule has 0 spiro atoms. The van der Waals surface area contributed by atoms with E-state index in [9.17, 15) is 18.0 Å². The van der Waals surface area contributed by atoms with E-state index in [-0.39, 0.29) is 17.7 Å². The Morgan fingerprint density at radius 2 is 2.07 bits per heavy atom. The maximum absolute atomic E-state index is 12.5. The molecule has 0 saturated heterocycles. The number of rotatable bonds is 6. The van der Waals surface area contributed by atoms with Gasteiger partial charge in [-0.2, -0.15) is 18.2 Å². The van der Waals surface area contributed by atoms with E-state index in [1.165, 1.54) is 17.4 Å². The highest BCUT2D eigenvalue weighted by Gasteiger charge is 2.33. The van der Waals surface area contributed by atoms with Crippen LogP contribution in [0.2, 0.25) is 0 Å². The summed E-state index contributed by atoms with van der Waals surface area (Å²) in [5.41, 5.74) is -0.176. The van der Waals surface area contributed by atoms with E-state index in [0.29, 0.717) is 10.6 Å². The number of hydrogen-bond donors (Lipinski definition) is 1. The summed E-state index contributed by atoms with van der Waals surface area (Å²) in [6.45, 7) is 2.07. The summed E-state index contributed by atoms with van der Waals surface area (Å²) in [7, 11) is 0. The van der Waals surface area contributed by atoms with Gasteiger partial charge >= 0.3 is 12.3 Å². The van der Waals surface area contributed by atoms with Crippen molar-refractivity contribution >= 4 is 17.4 Å². The van der Waals surface area contributed by atoms with Crippen molar-refractivity contribution in [2.45, 2.75) is 44.3 Å². The van der Waals surface area contributed by atoms with Gasteiger partial charge in [0.05, 0.1) is 5.54 Å². The number of amides is 1. The fourth-order valence-corrected chi connectivity index (χ4v) is 3.14. The van der Waals surface area contributed by atoms with Gasteiger partial charge in [-0.05, 0) is 38.7 Å². The Balaban J connectivity index is 1.70. The minimum Gasteiger partial charge on any atom is -0.468 e. The van der Waals surface area contributed by atoms with E-state index in [1.54, 1.807) is 31.5 Å². The Kier molecular flexibility index (Phi) is 5.27. The van der Waals surface area contributed by atoms with Gasteiger partial charge in [0.2, 0.25) is 11.8 Å². The predicted octanol–water partition coefficient (Wildman–Crippen LogP) is 4.38. The second kappa shape index (κ2) is 7.34. The number of ether oxygens (including phenoxy) is 2. The predicted molar refractivity (Wildman–Crippen MR) is 92.1 cm³/mol. The Morgan fingerprint density at radius 1 is 1.33 bits per heavy atom. The number of alkyl halides is 3. The topological polar surface area (TPSA) is 73.3 Å². The molecule has 0 unspecified atom stereocenters. The molecule has 0 radical (unpaired) electrons. The average Bonchev–Trinajstić information content (AvgIpc) is 3.23. The van der Waals surface area contributed by atoms with Crippen molar-refractivity contribution < 1.29 is 27.4 Å². The minimum atomic E-state index is -4.48. The van der Waals surface area contributed by atoms with E-state index in [4.69, 9.17) is 9.47 Å². The zero-order chi connectivity index (χ0) is 19.7. The molecule has 0 atom stereocenters. The van der Waals surface area contributed by atoms with Crippen molar-refractivity contribution in [3.8, 4) is 11.8 Å². The smallest absolute Gasteiger partial charge is 0.422 e. The molecular formula is C17H18F3N3O3S. The van der Waals surface area contributed by atoms with E-state index in [0.717, 1.165) is 12.8 Å². The molecule has 2 heterocycles. The van der Waals surface area contributed by atoms with Crippen LogP contribution < -0.4 is 14.8 Å². The Hall–Kier alpha value is -2.36. The molecule has 10 heteroatoms. The zero-order valence-electron chi connectivity index (χ0n) is 14.7. The van der Waals surface area contributed by atoms with E-state index >= 15 is 0 Å². The van der Waals surface area contributed by atoms with Crippen molar-refractivity contribution in [1.82, 2.24) is 15.3 Å². The maximum atomic E-state index is 12.5. The number of nitrogens with one attached hydrogen (secondary N) is 1. The first-order valence-electron chi connectivity index (χ1n) is 8.24. The Morgan fingerprint density at radius 3 is 2.67 bits per heavy atom. The van der Waals surface area contributed by atoms with Crippen LogP contribution in [0.5, 0.6) is 11.8 Å². The first-order valence-corrected chi connectivity index (χ1v) is 9.12. The lowest BCUT2D eigenvalue weighted by atomic mass is 10.1. The summed E-state index contributed by atoms with van der Waals surface area (Å²) in [6.07, 6.45) is -1.91. The number of carbonyl (C=O) groups excluding carboxylic acids is 1. The first kappa shape index (κ1) is 19.4. The second-order valence-electron chi connectivity index (χ2n) is 6.70. The van der Waals surface area contributed by atoms with Crippen LogP contribution in [-0.4, -0.2) is 28.8 Å². The quantitative estimate of drug-likeness (QED) is 0.778. The third-order valence-electron chi connectivity index (χ3n) is 3.83. The summed E-state index contributed by atoms with van der Waals surface area (Å²) in [4.78, 5) is 20.3. The summed E-state index contributed by atoms with van der Waals surface area (Å²) in [5.74, 6) is -0.157. The van der Waals surface area contributed by atoms with E-state index in [2.05, 4.69) is 15.3 Å². The third-order valence-corrected chi connectivity index (χ3v) is 4.93. The van der Waals surface area contributed by atoms with Crippen LogP contribution in [0.3, 0.4) is 0 Å². The molecule has 6 nitrogen and oxygen atoms in total. The Labute approximate surface area is 157 Å². The van der Waals surface area contributed by atoms with Gasteiger partial charge in [-0.3, -0.25) is 0 Å². The van der Waals surface area contributed by atoms with Crippen molar-refractivity contribution in [1.29, 1.82) is 0 Å². The van der Waals surface area contributed by atoms with Gasteiger partial charge in [0.15, 0.2) is 6.61 Å². The third kappa shape index (κ3) is 5.31. The molecule has 146 valence electrons. The number of nitrogens with zero attached hydrogens (tertiary/aromatic N) is 2. The molecule has 3 rings (SSSR count). The van der Waals surface area contributed by atoms with E-state index in [1.807, 2.05) is 0 Å². The van der Waals surface area contributed by atoms with Gasteiger partial charge in [-0.25, -0.2) is 9.78 Å². The number of hydrogen-bond acceptors (Lipinski definition) is 6. The number of halogens is 3. The molecule has 1 N–H and O–H groups in total. The first-order chi connectivity index (χ1) is 12.6. The summed E-state index contributed by atoms with van der Waals surface area (Å²) < 4.78 is 47.4. The Bertz CT molecular complexity index is 805. The normalized spacial score (nSPS) is 14.7. The molecule has 1 aliphatic carbocycles. The molecule has 1 aliphatic rings. The van der Waals surface area contributed by atoms with Crippen LogP contribution in [0.1, 0.15) is 43.2 Å². The van der Waals surface area contributed by atoms with E-state index < -0.39 is 24.4 Å². The van der Waals surface area contributed by atoms with Crippen molar-refractivity contribution in [2.24, 2.45) is 0 Å². The highest BCUT2D eigenvalue weighted by molar-refractivity contribution is 7.09. The fraction of sp³-hybridized carbons (Fsp3) is 0.471. The van der Waals surface area contributed by atoms with Crippen LogP contribution in [0.25, 0.3) is 0 Å². The maximum Gasteiger partial charge on any atom is 0.422 e. The lowest BCUT2D eigenvalue weighted by Gasteiger charge is -2.23. The number of pyridine rings is 1. The largest absolute Gasteiger partial charge is 0.468 e. The zero-order valence-corrected chi connectivity index (χ0v) is 15.5. The van der Waals surface area contributed by atoms with Crippen molar-refractivity contribution in [3.05, 3.63) is 34.3 Å². The molecular weight excluding hydrogens is 383 g/mol. The molecule has 0 bridgehead atoms. The SMILES string of the molecule is CC(C)(NC(=O)Oc1ccc(C2CC2)c(OCC(F)(F)F)n1)c1nccs1. The molecule has 0 aliphatic heterocycles. The van der Waals surface area contributed by atoms with Crippen molar-refractivity contribution in [2.75, 3.05) is 6.61 Å². The monoisotopic (exact) mass is 401 g/mol. The second-order valence-corrected chi connectivity index (χ2v) is 7.59. The minimum absolute atomic E-state index is 0.132. The van der Waals surface area contributed by atoms with Crippen LogP contribution in [0.4, 0.5) is 18.0 Å². The lowest BCUT2D eigenvalue weighted by molar-refractivity contribution is -0.154. The molecule has 1 fully saturated rings. The van der Waals surface area contributed by atoms with Gasteiger partial charge in [0.1, 0.15) is 5.01 Å². The molecule has 1 amide bonds. The van der Waals surface area contributed by atoms with Crippen molar-refractivity contribution in [3.63, 3.8) is 0 Å². The average molecular weight is 401 g/mol. The summed E-state index contributed by atoms with van der Waals surface area (Å²) >= 11 is 1.38. The molecule has 1 saturated carbocycles. The highest BCUT2D eigenvalue weighted by Crippen LogP contribution is 2.44. The molecule has 27 heavy (non-hydrogen) atoms. The van der Waals surface area contributed by atoms with Crippen LogP contribution >= 0.6 is 11.3 Å². The van der Waals surface area contributed by atoms with Gasteiger partial charge < -0.3 is 14.8 Å². The number of aromatic nitrogens is 2. The number of thiazole rings is 1. The van der Waals surface area contributed by atoms with Gasteiger partial charge in [-0.15, -0.1) is 11.3 Å². The molecule has 0 aromatic carbocycles. The van der Waals surface area contributed by atoms with Crippen LogP contribution in [0.15, 0.2) is 23.7 Å². The lowest BCUT2D eigenvalue weighted by Crippen LogP contribution is -2.42. The van der Waals surface area contributed by atoms with Gasteiger partial charge in [0, 0.05) is 23.2 Å². The van der Waals surface area contributed by atoms with Crippen LogP contribution in [0, 0.1) is 0 Å². The standard InChI is InChI=1S/C17H18F3N3O3S/c1-16(2,14-21-7-8-27-14)23-15(24)26-12-6-5-11(10-3-4-10)13(22-12)25-9-17(18,19)20/h5-8,10H,3-4,9H2,1-2H3,(H,23,24). The highest BCUT2D eigenvalue weighted by atomic mass is 32.1. The molecule has 2 aromatic heterocycles. The van der Waals surface area contributed by atoms with Gasteiger partial charge in [0.25, 0.3) is 0 Å². The fourth-order valence-electron chi connectivity index (χ4n) is 2.42. The number of carbonyl (C=O) groups is 1. The van der Waals surface area contributed by atoms with Gasteiger partial charge in [-0.1, -0.05) is 0 Å². The van der Waals surface area contributed by atoms with Crippen LogP contribution in [-0.2, 0) is 5.54 Å². The summed E-state index contributed by atoms with van der Waals surface area (Å²) in [6, 6.07) is 3.04.